The number of rotatable bonds is 8. The van der Waals surface area contributed by atoms with E-state index in [-0.39, 0.29) is 0 Å². The second kappa shape index (κ2) is 8.95. The van der Waals surface area contributed by atoms with E-state index in [9.17, 15) is 9.36 Å². The number of hydrogen-bond acceptors (Lipinski definition) is 5. The molecule has 0 N–H and O–H groups in total. The van der Waals surface area contributed by atoms with Gasteiger partial charge in [0.15, 0.2) is 0 Å². The molecule has 0 amide bonds. The molecule has 0 radical (unpaired) electrons. The fourth-order valence-corrected chi connectivity index (χ4v) is 3.94. The lowest BCUT2D eigenvalue weighted by Crippen LogP contribution is -2.24. The summed E-state index contributed by atoms with van der Waals surface area (Å²) in [5.74, 6) is -2.05. The van der Waals surface area contributed by atoms with Crippen molar-refractivity contribution in [1.82, 2.24) is 0 Å². The molecular formula is C19H23O5P. The van der Waals surface area contributed by atoms with Crippen LogP contribution in [0.5, 0.6) is 0 Å². The smallest absolute Gasteiger partial charge is 0.370 e. The van der Waals surface area contributed by atoms with Crippen LogP contribution >= 0.6 is 7.60 Å². The standard InChI is InChI=1S/C19H23O5P/c1-4-17(25(21,22-2)23-3)24-19(20)18(15-11-7-5-8-12-15)16-13-9-6-10-14-16/h5-14,17-18H,4H2,1-3H3/t17-/m0/s1. The predicted molar refractivity (Wildman–Crippen MR) is 96.5 cm³/mol. The molecule has 5 nitrogen and oxygen atoms in total. The van der Waals surface area contributed by atoms with Crippen molar-refractivity contribution in [3.8, 4) is 0 Å². The van der Waals surface area contributed by atoms with Crippen LogP contribution in [0.25, 0.3) is 0 Å². The molecule has 0 spiro atoms. The number of benzene rings is 2. The molecule has 0 aliphatic rings. The van der Waals surface area contributed by atoms with E-state index >= 15 is 0 Å². The Labute approximate surface area is 148 Å². The van der Waals surface area contributed by atoms with Gasteiger partial charge in [0.1, 0.15) is 5.92 Å². The molecule has 0 aliphatic heterocycles. The van der Waals surface area contributed by atoms with Crippen molar-refractivity contribution in [3.05, 3.63) is 71.8 Å². The summed E-state index contributed by atoms with van der Waals surface area (Å²) < 4.78 is 28.1. The number of esters is 1. The maximum absolute atomic E-state index is 12.9. The minimum absolute atomic E-state index is 0.320. The van der Waals surface area contributed by atoms with Gasteiger partial charge in [-0.15, -0.1) is 0 Å². The van der Waals surface area contributed by atoms with Crippen LogP contribution in [0.1, 0.15) is 30.4 Å². The van der Waals surface area contributed by atoms with Gasteiger partial charge in [0, 0.05) is 14.2 Å². The Bertz CT molecular complexity index is 670. The van der Waals surface area contributed by atoms with Crippen LogP contribution in [0.15, 0.2) is 60.7 Å². The fraction of sp³-hybridized carbons (Fsp3) is 0.316. The Morgan fingerprint density at radius 3 is 1.72 bits per heavy atom. The Morgan fingerprint density at radius 1 is 0.920 bits per heavy atom. The Morgan fingerprint density at radius 2 is 1.36 bits per heavy atom. The third-order valence-corrected chi connectivity index (χ3v) is 6.16. The van der Waals surface area contributed by atoms with Crippen molar-refractivity contribution in [2.24, 2.45) is 0 Å². The van der Waals surface area contributed by atoms with E-state index in [1.165, 1.54) is 14.2 Å². The third-order valence-electron chi connectivity index (χ3n) is 3.96. The number of hydrogen-bond donors (Lipinski definition) is 0. The topological polar surface area (TPSA) is 61.8 Å². The average molecular weight is 362 g/mol. The minimum atomic E-state index is -3.51. The average Bonchev–Trinajstić information content (AvgIpc) is 2.67. The highest BCUT2D eigenvalue weighted by Crippen LogP contribution is 2.53. The lowest BCUT2D eigenvalue weighted by atomic mass is 9.91. The molecule has 0 fully saturated rings. The van der Waals surface area contributed by atoms with E-state index in [1.54, 1.807) is 6.92 Å². The molecule has 0 bridgehead atoms. The highest BCUT2D eigenvalue weighted by Gasteiger charge is 2.38. The molecule has 6 heteroatoms. The summed E-state index contributed by atoms with van der Waals surface area (Å²) in [6, 6.07) is 18.7. The zero-order valence-corrected chi connectivity index (χ0v) is 15.5. The summed E-state index contributed by atoms with van der Waals surface area (Å²) >= 11 is 0. The van der Waals surface area contributed by atoms with Gasteiger partial charge < -0.3 is 13.8 Å². The summed E-state index contributed by atoms with van der Waals surface area (Å²) in [6.45, 7) is 1.77. The summed E-state index contributed by atoms with van der Waals surface area (Å²) in [4.78, 5) is 12.9. The molecule has 25 heavy (non-hydrogen) atoms. The first-order chi connectivity index (χ1) is 12.1. The zero-order chi connectivity index (χ0) is 18.3. The van der Waals surface area contributed by atoms with E-state index in [0.717, 1.165) is 11.1 Å². The summed E-state index contributed by atoms with van der Waals surface area (Å²) in [5.41, 5.74) is 1.61. The van der Waals surface area contributed by atoms with Gasteiger partial charge in [-0.3, -0.25) is 9.36 Å². The van der Waals surface area contributed by atoms with Gasteiger partial charge in [0.25, 0.3) is 0 Å². The van der Waals surface area contributed by atoms with E-state index in [0.29, 0.717) is 6.42 Å². The van der Waals surface area contributed by atoms with Crippen molar-refractivity contribution in [1.29, 1.82) is 0 Å². The second-order valence-corrected chi connectivity index (χ2v) is 7.85. The third kappa shape index (κ3) is 4.57. The SMILES string of the molecule is CC[C@@H](OC(=O)C(c1ccccc1)c1ccccc1)P(=O)(OC)OC. The Hall–Kier alpha value is -1.94. The van der Waals surface area contributed by atoms with Gasteiger partial charge >= 0.3 is 13.6 Å². The van der Waals surface area contributed by atoms with Crippen molar-refractivity contribution in [2.45, 2.75) is 25.1 Å². The molecule has 0 saturated heterocycles. The molecule has 0 unspecified atom stereocenters. The van der Waals surface area contributed by atoms with Crippen molar-refractivity contribution >= 4 is 13.6 Å². The van der Waals surface area contributed by atoms with Crippen LogP contribution in [0, 0.1) is 0 Å². The van der Waals surface area contributed by atoms with Crippen LogP contribution in [-0.4, -0.2) is 26.0 Å². The zero-order valence-electron chi connectivity index (χ0n) is 14.6. The maximum atomic E-state index is 12.9. The molecule has 2 aromatic carbocycles. The summed E-state index contributed by atoms with van der Waals surface area (Å²) in [5, 5.41) is 0. The number of carbonyl (C=O) groups excluding carboxylic acids is 1. The Balaban J connectivity index is 2.35. The lowest BCUT2D eigenvalue weighted by molar-refractivity contribution is -0.147. The minimum Gasteiger partial charge on any atom is -0.449 e. The molecule has 0 heterocycles. The van der Waals surface area contributed by atoms with Crippen LogP contribution < -0.4 is 0 Å². The fourth-order valence-electron chi connectivity index (χ4n) is 2.64. The highest BCUT2D eigenvalue weighted by atomic mass is 31.2. The van der Waals surface area contributed by atoms with Gasteiger partial charge in [0.2, 0.25) is 5.85 Å². The summed E-state index contributed by atoms with van der Waals surface area (Å²) in [6.07, 6.45) is 0.320. The second-order valence-electron chi connectivity index (χ2n) is 5.46. The quantitative estimate of drug-likeness (QED) is 0.508. The van der Waals surface area contributed by atoms with Crippen LogP contribution in [0.4, 0.5) is 0 Å². The van der Waals surface area contributed by atoms with Crippen LogP contribution in [-0.2, 0) is 23.1 Å². The summed E-state index contributed by atoms with van der Waals surface area (Å²) in [7, 11) is -0.942. The first kappa shape index (κ1) is 19.4. The molecule has 1 atom stereocenters. The molecule has 0 aliphatic carbocycles. The number of ether oxygens (including phenoxy) is 1. The number of carbonyl (C=O) groups is 1. The van der Waals surface area contributed by atoms with Gasteiger partial charge in [-0.2, -0.15) is 0 Å². The molecule has 134 valence electrons. The van der Waals surface area contributed by atoms with Gasteiger partial charge in [-0.1, -0.05) is 67.6 Å². The van der Waals surface area contributed by atoms with Gasteiger partial charge in [-0.05, 0) is 17.5 Å². The lowest BCUT2D eigenvalue weighted by Gasteiger charge is -2.25. The first-order valence-electron chi connectivity index (χ1n) is 8.07. The predicted octanol–water partition coefficient (Wildman–Crippen LogP) is 4.58. The highest BCUT2D eigenvalue weighted by molar-refractivity contribution is 7.54. The molecule has 2 rings (SSSR count). The normalized spacial score (nSPS) is 12.8. The first-order valence-corrected chi connectivity index (χ1v) is 9.68. The van der Waals surface area contributed by atoms with E-state index < -0.39 is 25.3 Å². The molecule has 0 saturated carbocycles. The molecular weight excluding hydrogens is 339 g/mol. The molecule has 2 aromatic rings. The van der Waals surface area contributed by atoms with Crippen molar-refractivity contribution in [3.63, 3.8) is 0 Å². The van der Waals surface area contributed by atoms with E-state index in [1.807, 2.05) is 60.7 Å². The Kier molecular flexibility index (Phi) is 6.94. The van der Waals surface area contributed by atoms with Crippen LogP contribution in [0.3, 0.4) is 0 Å². The van der Waals surface area contributed by atoms with Crippen molar-refractivity contribution < 1.29 is 23.1 Å². The van der Waals surface area contributed by atoms with E-state index in [2.05, 4.69) is 0 Å². The monoisotopic (exact) mass is 362 g/mol. The molecule has 0 aromatic heterocycles. The maximum Gasteiger partial charge on any atom is 0.370 e. The van der Waals surface area contributed by atoms with Gasteiger partial charge in [0.05, 0.1) is 0 Å². The van der Waals surface area contributed by atoms with Gasteiger partial charge in [-0.25, -0.2) is 0 Å². The largest absolute Gasteiger partial charge is 0.449 e. The van der Waals surface area contributed by atoms with E-state index in [4.69, 9.17) is 13.8 Å². The van der Waals surface area contributed by atoms with Crippen LogP contribution in [0.2, 0.25) is 0 Å². The van der Waals surface area contributed by atoms with Crippen molar-refractivity contribution in [2.75, 3.05) is 14.2 Å².